The summed E-state index contributed by atoms with van der Waals surface area (Å²) in [6, 6.07) is 0. The normalized spacial score (nSPS) is 19.6. The van der Waals surface area contributed by atoms with Gasteiger partial charge in [0.2, 0.25) is 0 Å². The van der Waals surface area contributed by atoms with E-state index in [0.29, 0.717) is 0 Å². The molecule has 5 heteroatoms. The number of hydrogen-bond donors (Lipinski definition) is 1. The molecule has 0 radical (unpaired) electrons. The molecule has 1 saturated heterocycles. The number of halogens is 1. The molecule has 0 bridgehead atoms. The number of aromatic nitrogens is 2. The number of nitrogens with zero attached hydrogens (tertiary/aromatic N) is 2. The van der Waals surface area contributed by atoms with E-state index in [9.17, 15) is 0 Å². The Morgan fingerprint density at radius 2 is 2.24 bits per heavy atom. The predicted octanol–water partition coefficient (Wildman–Crippen LogP) is 2.93. The lowest BCUT2D eigenvalue weighted by atomic mass is 10.2. The van der Waals surface area contributed by atoms with E-state index >= 15 is 0 Å². The maximum Gasteiger partial charge on any atom is 0.159 e. The predicted molar refractivity (Wildman–Crippen MR) is 76.2 cm³/mol. The van der Waals surface area contributed by atoms with Crippen molar-refractivity contribution in [1.29, 1.82) is 0 Å². The van der Waals surface area contributed by atoms with Crippen molar-refractivity contribution in [3.8, 4) is 0 Å². The lowest BCUT2D eigenvalue weighted by molar-refractivity contribution is 0.105. The SMILES string of the molecule is CCNc1nc(C2CCCO2)nc(CC)c1I. The highest BCUT2D eigenvalue weighted by molar-refractivity contribution is 14.1. The summed E-state index contributed by atoms with van der Waals surface area (Å²) >= 11 is 2.32. The van der Waals surface area contributed by atoms with E-state index in [-0.39, 0.29) is 6.10 Å². The first kappa shape index (κ1) is 13.0. The van der Waals surface area contributed by atoms with E-state index in [1.54, 1.807) is 0 Å². The Kier molecular flexibility index (Phi) is 4.55. The molecule has 2 heterocycles. The number of aryl methyl sites for hydroxylation is 1. The van der Waals surface area contributed by atoms with Gasteiger partial charge in [-0.1, -0.05) is 6.92 Å². The summed E-state index contributed by atoms with van der Waals surface area (Å²) in [5.41, 5.74) is 1.11. The smallest absolute Gasteiger partial charge is 0.159 e. The third-order valence-electron chi connectivity index (χ3n) is 2.83. The van der Waals surface area contributed by atoms with Crippen molar-refractivity contribution in [2.45, 2.75) is 39.2 Å². The average Bonchev–Trinajstić information content (AvgIpc) is 2.85. The zero-order valence-corrected chi connectivity index (χ0v) is 12.5. The molecule has 2 rings (SSSR count). The highest BCUT2D eigenvalue weighted by Crippen LogP contribution is 2.29. The minimum absolute atomic E-state index is 0.0923. The van der Waals surface area contributed by atoms with Gasteiger partial charge in [0, 0.05) is 13.2 Å². The average molecular weight is 347 g/mol. The standard InChI is InChI=1S/C12H18IN3O/c1-3-8-10(13)12(14-4-2)16-11(15-8)9-6-5-7-17-9/h9H,3-7H2,1-2H3,(H,14,15,16). The van der Waals surface area contributed by atoms with Crippen LogP contribution in [-0.2, 0) is 11.2 Å². The topological polar surface area (TPSA) is 47.0 Å². The van der Waals surface area contributed by atoms with Crippen molar-refractivity contribution in [2.75, 3.05) is 18.5 Å². The Bertz CT molecular complexity index is 392. The van der Waals surface area contributed by atoms with Crippen molar-refractivity contribution in [2.24, 2.45) is 0 Å². The molecule has 0 amide bonds. The van der Waals surface area contributed by atoms with Crippen LogP contribution in [0.5, 0.6) is 0 Å². The van der Waals surface area contributed by atoms with E-state index in [1.165, 1.54) is 0 Å². The lowest BCUT2D eigenvalue weighted by Gasteiger charge is -2.14. The van der Waals surface area contributed by atoms with Crippen LogP contribution in [0.3, 0.4) is 0 Å². The molecule has 1 aliphatic heterocycles. The van der Waals surface area contributed by atoms with Crippen LogP contribution in [-0.4, -0.2) is 23.1 Å². The van der Waals surface area contributed by atoms with Gasteiger partial charge in [-0.05, 0) is 48.8 Å². The monoisotopic (exact) mass is 347 g/mol. The molecule has 0 saturated carbocycles. The molecule has 4 nitrogen and oxygen atoms in total. The van der Waals surface area contributed by atoms with Gasteiger partial charge in [0.05, 0.1) is 9.26 Å². The van der Waals surface area contributed by atoms with Gasteiger partial charge >= 0.3 is 0 Å². The molecule has 1 aromatic heterocycles. The number of hydrogen-bond acceptors (Lipinski definition) is 4. The Morgan fingerprint density at radius 3 is 2.82 bits per heavy atom. The van der Waals surface area contributed by atoms with Gasteiger partial charge in [-0.25, -0.2) is 9.97 Å². The number of ether oxygens (including phenoxy) is 1. The summed E-state index contributed by atoms with van der Waals surface area (Å²) in [7, 11) is 0. The van der Waals surface area contributed by atoms with Crippen molar-refractivity contribution < 1.29 is 4.74 Å². The van der Waals surface area contributed by atoms with E-state index in [4.69, 9.17) is 4.74 Å². The van der Waals surface area contributed by atoms with Crippen LogP contribution in [0.2, 0.25) is 0 Å². The molecule has 0 aliphatic carbocycles. The summed E-state index contributed by atoms with van der Waals surface area (Å²) in [6.45, 7) is 5.91. The molecule has 1 atom stereocenters. The Labute approximate surface area is 116 Å². The summed E-state index contributed by atoms with van der Waals surface area (Å²) in [5.74, 6) is 1.79. The Balaban J connectivity index is 2.35. The van der Waals surface area contributed by atoms with Gasteiger partial charge in [0.25, 0.3) is 0 Å². The van der Waals surface area contributed by atoms with Crippen molar-refractivity contribution in [1.82, 2.24) is 9.97 Å². The van der Waals surface area contributed by atoms with Gasteiger partial charge < -0.3 is 10.1 Å². The minimum atomic E-state index is 0.0923. The first-order valence-electron chi connectivity index (χ1n) is 6.18. The zero-order chi connectivity index (χ0) is 12.3. The highest BCUT2D eigenvalue weighted by atomic mass is 127. The van der Waals surface area contributed by atoms with E-state index in [2.05, 4.69) is 51.7 Å². The van der Waals surface area contributed by atoms with Crippen LogP contribution < -0.4 is 5.32 Å². The van der Waals surface area contributed by atoms with Gasteiger partial charge in [-0.15, -0.1) is 0 Å². The molecule has 1 aromatic rings. The molecule has 1 fully saturated rings. The summed E-state index contributed by atoms with van der Waals surface area (Å²) in [5, 5.41) is 3.30. The van der Waals surface area contributed by atoms with Crippen LogP contribution >= 0.6 is 22.6 Å². The lowest BCUT2D eigenvalue weighted by Crippen LogP contribution is -2.12. The zero-order valence-electron chi connectivity index (χ0n) is 10.3. The molecule has 1 N–H and O–H groups in total. The van der Waals surface area contributed by atoms with Crippen LogP contribution in [0.1, 0.15) is 44.3 Å². The van der Waals surface area contributed by atoms with E-state index in [0.717, 1.165) is 53.3 Å². The molecule has 0 spiro atoms. The maximum atomic E-state index is 5.66. The van der Waals surface area contributed by atoms with Gasteiger partial charge in [-0.3, -0.25) is 0 Å². The van der Waals surface area contributed by atoms with E-state index < -0.39 is 0 Å². The summed E-state index contributed by atoms with van der Waals surface area (Å²) in [4.78, 5) is 9.23. The molecular formula is C12H18IN3O. The fraction of sp³-hybridized carbons (Fsp3) is 0.667. The summed E-state index contributed by atoms with van der Waals surface area (Å²) < 4.78 is 6.79. The highest BCUT2D eigenvalue weighted by Gasteiger charge is 2.22. The Hall–Kier alpha value is -0.430. The molecule has 1 aliphatic rings. The molecule has 1 unspecified atom stereocenters. The van der Waals surface area contributed by atoms with Crippen LogP contribution in [0.15, 0.2) is 0 Å². The minimum Gasteiger partial charge on any atom is -0.370 e. The number of nitrogens with one attached hydrogen (secondary N) is 1. The van der Waals surface area contributed by atoms with Crippen molar-refractivity contribution in [3.63, 3.8) is 0 Å². The quantitative estimate of drug-likeness (QED) is 0.851. The first-order chi connectivity index (χ1) is 8.26. The molecular weight excluding hydrogens is 329 g/mol. The second-order valence-corrected chi connectivity index (χ2v) is 5.16. The van der Waals surface area contributed by atoms with Gasteiger partial charge in [0.1, 0.15) is 11.9 Å². The van der Waals surface area contributed by atoms with Gasteiger partial charge in [-0.2, -0.15) is 0 Å². The van der Waals surface area contributed by atoms with Crippen molar-refractivity contribution in [3.05, 3.63) is 15.1 Å². The summed E-state index contributed by atoms with van der Waals surface area (Å²) in [6.07, 6.45) is 3.17. The molecule has 94 valence electrons. The fourth-order valence-corrected chi connectivity index (χ4v) is 2.77. The van der Waals surface area contributed by atoms with Crippen molar-refractivity contribution >= 4 is 28.4 Å². The van der Waals surface area contributed by atoms with E-state index in [1.807, 2.05) is 0 Å². The fourth-order valence-electron chi connectivity index (χ4n) is 1.96. The van der Waals surface area contributed by atoms with Crippen LogP contribution in [0.4, 0.5) is 5.82 Å². The Morgan fingerprint density at radius 1 is 1.41 bits per heavy atom. The first-order valence-corrected chi connectivity index (χ1v) is 7.25. The second-order valence-electron chi connectivity index (χ2n) is 4.08. The van der Waals surface area contributed by atoms with Gasteiger partial charge in [0.15, 0.2) is 5.82 Å². The third kappa shape index (κ3) is 2.88. The van der Waals surface area contributed by atoms with Crippen LogP contribution in [0.25, 0.3) is 0 Å². The number of anilines is 1. The third-order valence-corrected chi connectivity index (χ3v) is 3.97. The largest absolute Gasteiger partial charge is 0.370 e. The van der Waals surface area contributed by atoms with Crippen LogP contribution in [0, 0.1) is 3.57 Å². The number of rotatable bonds is 4. The second kappa shape index (κ2) is 5.95. The maximum absolute atomic E-state index is 5.66. The molecule has 0 aromatic carbocycles. The molecule has 17 heavy (non-hydrogen) atoms.